The van der Waals surface area contributed by atoms with Gasteiger partial charge in [0.25, 0.3) is 0 Å². The third-order valence-corrected chi connectivity index (χ3v) is 7.42. The van der Waals surface area contributed by atoms with E-state index in [4.69, 9.17) is 10.5 Å². The zero-order valence-electron chi connectivity index (χ0n) is 17.2. The normalized spacial score (nSPS) is 26.6. The molecule has 2 saturated heterocycles. The Morgan fingerprint density at radius 3 is 2.69 bits per heavy atom. The lowest BCUT2D eigenvalue weighted by Crippen LogP contribution is -2.60. The van der Waals surface area contributed by atoms with Crippen LogP contribution in [0.3, 0.4) is 0 Å². The molecule has 0 aromatic heterocycles. The highest BCUT2D eigenvalue weighted by molar-refractivity contribution is 7.89. The van der Waals surface area contributed by atoms with Gasteiger partial charge in [-0.1, -0.05) is 6.07 Å². The van der Waals surface area contributed by atoms with E-state index < -0.39 is 33.6 Å². The maximum absolute atomic E-state index is 14.2. The first kappa shape index (κ1) is 21.8. The molecule has 0 saturated carbocycles. The minimum Gasteiger partial charge on any atom is -0.444 e. The van der Waals surface area contributed by atoms with Gasteiger partial charge in [-0.15, -0.1) is 0 Å². The van der Waals surface area contributed by atoms with Gasteiger partial charge in [-0.25, -0.2) is 17.6 Å². The van der Waals surface area contributed by atoms with Crippen LogP contribution in [0, 0.1) is 5.82 Å². The number of benzene rings is 1. The zero-order valence-corrected chi connectivity index (χ0v) is 18.0. The van der Waals surface area contributed by atoms with Crippen LogP contribution in [0.15, 0.2) is 18.2 Å². The number of anilines is 1. The van der Waals surface area contributed by atoms with E-state index in [9.17, 15) is 17.6 Å². The Bertz CT molecular complexity index is 849. The topological polar surface area (TPSA) is 92.9 Å². The van der Waals surface area contributed by atoms with Crippen LogP contribution >= 0.6 is 0 Å². The van der Waals surface area contributed by atoms with Crippen molar-refractivity contribution in [1.29, 1.82) is 0 Å². The maximum Gasteiger partial charge on any atom is 0.410 e. The van der Waals surface area contributed by atoms with Crippen molar-refractivity contribution in [3.05, 3.63) is 29.6 Å². The summed E-state index contributed by atoms with van der Waals surface area (Å²) >= 11 is 0. The lowest BCUT2D eigenvalue weighted by Gasteiger charge is -2.44. The maximum atomic E-state index is 14.2. The first-order chi connectivity index (χ1) is 13.5. The molecule has 2 N–H and O–H groups in total. The van der Waals surface area contributed by atoms with Gasteiger partial charge >= 0.3 is 6.09 Å². The van der Waals surface area contributed by atoms with Crippen LogP contribution in [0.1, 0.15) is 45.6 Å². The summed E-state index contributed by atoms with van der Waals surface area (Å²) in [7, 11) is -3.42. The number of nitrogens with zero attached hydrogens (tertiary/aromatic N) is 2. The number of piperazine rings is 1. The van der Waals surface area contributed by atoms with Crippen LogP contribution in [0.25, 0.3) is 0 Å². The molecule has 2 heterocycles. The summed E-state index contributed by atoms with van der Waals surface area (Å²) in [5, 5.41) is 0. The quantitative estimate of drug-likeness (QED) is 0.749. The molecule has 3 atom stereocenters. The highest BCUT2D eigenvalue weighted by atomic mass is 32.2. The summed E-state index contributed by atoms with van der Waals surface area (Å²) in [6.45, 7) is 5.89. The molecule has 2 aliphatic rings. The second-order valence-corrected chi connectivity index (χ2v) is 10.9. The first-order valence-electron chi connectivity index (χ1n) is 10.00. The van der Waals surface area contributed by atoms with Gasteiger partial charge in [-0.2, -0.15) is 4.31 Å². The molecule has 7 nitrogen and oxygen atoms in total. The van der Waals surface area contributed by atoms with Crippen molar-refractivity contribution >= 4 is 21.8 Å². The molecule has 162 valence electrons. The number of rotatable bonds is 3. The van der Waals surface area contributed by atoms with Crippen LogP contribution in [0.5, 0.6) is 0 Å². The molecule has 29 heavy (non-hydrogen) atoms. The Balaban J connectivity index is 1.83. The van der Waals surface area contributed by atoms with E-state index >= 15 is 0 Å². The van der Waals surface area contributed by atoms with E-state index in [1.807, 2.05) is 0 Å². The fourth-order valence-corrected chi connectivity index (χ4v) is 5.85. The van der Waals surface area contributed by atoms with Gasteiger partial charge in [0.1, 0.15) is 11.4 Å². The molecule has 3 rings (SSSR count). The number of sulfonamides is 1. The van der Waals surface area contributed by atoms with E-state index in [2.05, 4.69) is 0 Å². The third kappa shape index (κ3) is 5.01. The Hall–Kier alpha value is -1.87. The molecule has 2 bridgehead atoms. The number of halogens is 1. The summed E-state index contributed by atoms with van der Waals surface area (Å²) in [6, 6.07) is 3.87. The van der Waals surface area contributed by atoms with Crippen molar-refractivity contribution in [3.63, 3.8) is 0 Å². The number of carbonyl (C=O) groups excluding carboxylic acids is 1. The molecule has 2 aliphatic heterocycles. The smallest absolute Gasteiger partial charge is 0.410 e. The van der Waals surface area contributed by atoms with Gasteiger partial charge in [-0.05, 0) is 58.6 Å². The molecule has 0 aliphatic carbocycles. The van der Waals surface area contributed by atoms with Gasteiger partial charge in [-0.3, -0.25) is 0 Å². The second-order valence-electron chi connectivity index (χ2n) is 8.81. The molecule has 9 heteroatoms. The van der Waals surface area contributed by atoms with Gasteiger partial charge in [0.05, 0.1) is 5.75 Å². The van der Waals surface area contributed by atoms with Crippen LogP contribution in [0.4, 0.5) is 14.9 Å². The first-order valence-corrected chi connectivity index (χ1v) is 11.6. The minimum atomic E-state index is -3.42. The van der Waals surface area contributed by atoms with Crippen molar-refractivity contribution < 1.29 is 22.3 Å². The molecule has 1 aromatic carbocycles. The van der Waals surface area contributed by atoms with Crippen LogP contribution in [0.2, 0.25) is 0 Å². The fourth-order valence-electron chi connectivity index (χ4n) is 4.06. The standard InChI is InChI=1S/C20H30FN3O4S/c1-20(2,3)28-19(25)23-12-15(9-10-16-17(21)7-4-8-18(16)22)24-13-14(23)6-5-11-29(24,26)27/h4,7-8,14-15H,5-6,9-13,22H2,1-3H3/t14-,15+/m1/s1. The molecule has 2 fully saturated rings. The number of hydrogen-bond donors (Lipinski definition) is 1. The Kier molecular flexibility index (Phi) is 6.10. The van der Waals surface area contributed by atoms with Crippen molar-refractivity contribution in [2.24, 2.45) is 0 Å². The van der Waals surface area contributed by atoms with Crippen LogP contribution in [-0.4, -0.2) is 60.2 Å². The molecule has 1 aromatic rings. The number of nitrogen functional groups attached to an aromatic ring is 1. The minimum absolute atomic E-state index is 0.0595. The molecule has 1 unspecified atom stereocenters. The largest absolute Gasteiger partial charge is 0.444 e. The van der Waals surface area contributed by atoms with Crippen molar-refractivity contribution in [2.75, 3.05) is 24.6 Å². The van der Waals surface area contributed by atoms with E-state index in [0.717, 1.165) is 0 Å². The van der Waals surface area contributed by atoms with Gasteiger partial charge < -0.3 is 15.4 Å². The Morgan fingerprint density at radius 1 is 1.31 bits per heavy atom. The molecule has 1 amide bonds. The summed E-state index contributed by atoms with van der Waals surface area (Å²) in [5.41, 5.74) is 6.00. The van der Waals surface area contributed by atoms with Crippen molar-refractivity contribution in [2.45, 2.75) is 64.1 Å². The van der Waals surface area contributed by atoms with Crippen molar-refractivity contribution in [3.8, 4) is 0 Å². The fraction of sp³-hybridized carbons (Fsp3) is 0.650. The summed E-state index contributed by atoms with van der Waals surface area (Å²) in [5.74, 6) is -0.342. The highest BCUT2D eigenvalue weighted by Crippen LogP contribution is 2.30. The number of amides is 1. The lowest BCUT2D eigenvalue weighted by atomic mass is 9.99. The number of hydrogen-bond acceptors (Lipinski definition) is 5. The number of ether oxygens (including phenoxy) is 1. The number of fused-ring (bicyclic) bond motifs is 2. The third-order valence-electron chi connectivity index (χ3n) is 5.45. The predicted molar refractivity (Wildman–Crippen MR) is 109 cm³/mol. The summed E-state index contributed by atoms with van der Waals surface area (Å²) in [4.78, 5) is 14.4. The van der Waals surface area contributed by atoms with Crippen molar-refractivity contribution in [1.82, 2.24) is 9.21 Å². The summed E-state index contributed by atoms with van der Waals surface area (Å²) in [6.07, 6.45) is 1.34. The van der Waals surface area contributed by atoms with Gasteiger partial charge in [0.2, 0.25) is 10.0 Å². The SMILES string of the molecule is CC(C)(C)OC(=O)N1C[C@H](CCc2c(N)cccc2F)N2C[C@H]1CCCS2(=O)=O. The molecule has 0 spiro atoms. The van der Waals surface area contributed by atoms with Crippen LogP contribution in [-0.2, 0) is 21.2 Å². The predicted octanol–water partition coefficient (Wildman–Crippen LogP) is 2.75. The van der Waals surface area contributed by atoms with E-state index in [-0.39, 0.29) is 24.9 Å². The monoisotopic (exact) mass is 427 g/mol. The average molecular weight is 428 g/mol. The Morgan fingerprint density at radius 2 is 2.03 bits per heavy atom. The molecular formula is C20H30FN3O4S. The average Bonchev–Trinajstić information content (AvgIpc) is 2.71. The van der Waals surface area contributed by atoms with E-state index in [0.29, 0.717) is 36.9 Å². The van der Waals surface area contributed by atoms with E-state index in [1.165, 1.54) is 10.4 Å². The Labute approximate surface area is 172 Å². The lowest BCUT2D eigenvalue weighted by molar-refractivity contribution is -0.00328. The molecular weight excluding hydrogens is 397 g/mol. The second kappa shape index (κ2) is 8.10. The van der Waals surface area contributed by atoms with Crippen LogP contribution < -0.4 is 5.73 Å². The van der Waals surface area contributed by atoms with Gasteiger partial charge in [0, 0.05) is 36.4 Å². The molecule has 0 radical (unpaired) electrons. The van der Waals surface area contributed by atoms with Gasteiger partial charge in [0.15, 0.2) is 0 Å². The number of nitrogens with two attached hydrogens (primary N) is 1. The van der Waals surface area contributed by atoms with E-state index in [1.54, 1.807) is 37.8 Å². The number of carbonyl (C=O) groups is 1. The zero-order chi connectivity index (χ0) is 21.4. The summed E-state index contributed by atoms with van der Waals surface area (Å²) < 4.78 is 46.8. The highest BCUT2D eigenvalue weighted by Gasteiger charge is 2.44.